The number of nitrogens with zero attached hydrogens (tertiary/aromatic N) is 3. The molecule has 89 heavy (non-hydrogen) atoms. The maximum atomic E-state index is 12.5. The van der Waals surface area contributed by atoms with Gasteiger partial charge in [0.2, 0.25) is 0 Å². The van der Waals surface area contributed by atoms with E-state index in [2.05, 4.69) is 41.8 Å². The third-order valence-electron chi connectivity index (χ3n) is 16.1. The van der Waals surface area contributed by atoms with E-state index in [9.17, 15) is 47.9 Å². The van der Waals surface area contributed by atoms with Crippen molar-refractivity contribution in [1.82, 2.24) is 42.0 Å². The Labute approximate surface area is 522 Å². The van der Waals surface area contributed by atoms with Crippen molar-refractivity contribution in [3.05, 3.63) is 24.3 Å². The van der Waals surface area contributed by atoms with Gasteiger partial charge in [0.25, 0.3) is 23.6 Å². The van der Waals surface area contributed by atoms with E-state index in [4.69, 9.17) is 46.8 Å². The number of carbonyl (C=O) groups excluding carboxylic acids is 10. The normalized spacial score (nSPS) is 21.0. The number of allylic oxidation sites excluding steroid dienone is 4. The van der Waals surface area contributed by atoms with Crippen molar-refractivity contribution in [3.8, 4) is 0 Å². The summed E-state index contributed by atoms with van der Waals surface area (Å²) >= 11 is 0. The van der Waals surface area contributed by atoms with Crippen LogP contribution >= 0.6 is 0 Å². The number of hydroxylamine groups is 4. The Hall–Kier alpha value is -6.88. The fourth-order valence-corrected chi connectivity index (χ4v) is 11.5. The van der Waals surface area contributed by atoms with Gasteiger partial charge in [-0.2, -0.15) is 0 Å². The Balaban J connectivity index is 0.000000290. The first-order valence-electron chi connectivity index (χ1n) is 32.2. The summed E-state index contributed by atoms with van der Waals surface area (Å²) in [4.78, 5) is 133. The number of imide groups is 2. The number of hydrogen-bond acceptors (Lipinski definition) is 20. The number of fused-ring (bicyclic) bond motifs is 10. The third kappa shape index (κ3) is 27.8. The molecule has 8 unspecified atom stereocenters. The standard InChI is InChI=1S/C23H35N3O7.C21H40BN4O7.C16H22N2O5/c27-13-7-3-1-5-11-24-22(30)32-14-8-4-2-6-12-25-23(31)33-26-20(28)18-16-9-10-17(15-16)19(18)21(26)29;22-26-33-21(30)25-15-9-3-6-12-18-32-20(29)24-14-8-2-5-11-17-31-19(28)23-13-7-1-4-10-16-27;19-8-4-2-1-3-7-17-16(22)23-18-14(20)12-10-5-6-11(9-10)13(12)15(18)21/h9-10,16-19,27H,1-8,11-15H2,(H,24,30)(H,25,31);27H,1-18H2,(H,23,28)(H,24,29)(H,25,30);5-6,10-13,19H,1-4,7-9H2,(H,17,22). The SMILES string of the molecule is O=C(NCCCCCCO)OCCCCCCNC(=O)ON1C(=O)C2C3C=CC(C3)C2C1=O.O=C(NCCCCCCO)ON1C(=O)C2C3C=CC(C3)C2C1=O.[B]=NOC(=O)NCCCCCCOC(=O)NCCCCCCOC(=O)NCCCCCCO. The van der Waals surface area contributed by atoms with Crippen LogP contribution in [-0.4, -0.2) is 172 Å². The molecule has 2 saturated carbocycles. The van der Waals surface area contributed by atoms with Gasteiger partial charge < -0.3 is 61.1 Å². The van der Waals surface area contributed by atoms with Gasteiger partial charge in [-0.15, -0.1) is 10.1 Å². The number of aliphatic hydroxyl groups excluding tert-OH is 3. The molecule has 29 heteroatoms. The van der Waals surface area contributed by atoms with Crippen LogP contribution in [-0.2, 0) is 47.9 Å². The first-order valence-corrected chi connectivity index (χ1v) is 32.2. The predicted octanol–water partition coefficient (Wildman–Crippen LogP) is 6.37. The van der Waals surface area contributed by atoms with Crippen molar-refractivity contribution in [1.29, 1.82) is 0 Å². The van der Waals surface area contributed by atoms with Crippen molar-refractivity contribution < 1.29 is 92.0 Å². The summed E-state index contributed by atoms with van der Waals surface area (Å²) in [5.41, 5.74) is 0. The average molecular weight is 1260 g/mol. The topological polar surface area (TPSA) is 378 Å². The number of unbranched alkanes of at least 4 members (excludes halogenated alkanes) is 18. The van der Waals surface area contributed by atoms with Gasteiger partial charge in [0.1, 0.15) is 0 Å². The van der Waals surface area contributed by atoms with E-state index >= 15 is 0 Å². The summed E-state index contributed by atoms with van der Waals surface area (Å²) < 4.78 is 15.3. The number of hydrogen-bond donors (Lipinski definition) is 9. The van der Waals surface area contributed by atoms with Gasteiger partial charge in [0.05, 0.1) is 36.9 Å². The van der Waals surface area contributed by atoms with Gasteiger partial charge in [0.15, 0.2) is 0 Å². The van der Waals surface area contributed by atoms with Crippen LogP contribution < -0.4 is 31.9 Å². The molecule has 0 aromatic carbocycles. The summed E-state index contributed by atoms with van der Waals surface area (Å²) in [6.45, 7) is 4.64. The molecule has 9 N–H and O–H groups in total. The quantitative estimate of drug-likeness (QED) is 0.00800. The zero-order valence-electron chi connectivity index (χ0n) is 51.6. The van der Waals surface area contributed by atoms with E-state index in [0.29, 0.717) is 75.6 Å². The van der Waals surface area contributed by atoms with Gasteiger partial charge >= 0.3 is 108 Å². The van der Waals surface area contributed by atoms with Crippen molar-refractivity contribution in [2.75, 3.05) is 78.9 Å². The van der Waals surface area contributed by atoms with Crippen LogP contribution in [0.1, 0.15) is 167 Å². The fraction of sp³-hybridized carbons (Fsp3) is 0.767. The average Bonchev–Trinajstić information content (AvgIpc) is 1.64. The smallest absolute Gasteiger partial charge is 0.450 e. The number of rotatable bonds is 42. The molecular formula is C60H97BN9O19. The van der Waals surface area contributed by atoms with Gasteiger partial charge in [-0.3, -0.25) is 19.2 Å². The molecule has 0 spiro atoms. The van der Waals surface area contributed by atoms with Crippen molar-refractivity contribution in [3.63, 3.8) is 0 Å². The summed E-state index contributed by atoms with van der Waals surface area (Å²) in [5, 5.41) is 45.9. The molecule has 499 valence electrons. The van der Waals surface area contributed by atoms with Gasteiger partial charge in [-0.1, -0.05) is 75.7 Å². The van der Waals surface area contributed by atoms with E-state index in [1.54, 1.807) is 0 Å². The zero-order valence-corrected chi connectivity index (χ0v) is 51.6. The second-order valence-electron chi connectivity index (χ2n) is 22.8. The first kappa shape index (κ1) is 74.6. The van der Waals surface area contributed by atoms with Crippen LogP contribution in [0.4, 0.5) is 28.8 Å². The summed E-state index contributed by atoms with van der Waals surface area (Å²) in [6.07, 6.45) is 26.6. The minimum atomic E-state index is -0.798. The number of aliphatic hydroxyl groups is 3. The Morgan fingerprint density at radius 3 is 0.865 bits per heavy atom. The molecule has 8 atom stereocenters. The Kier molecular flexibility index (Phi) is 37.3. The van der Waals surface area contributed by atoms with Crippen LogP contribution in [0.5, 0.6) is 0 Å². The van der Waals surface area contributed by atoms with E-state index in [0.717, 1.165) is 161 Å². The van der Waals surface area contributed by atoms with Crippen LogP contribution in [0.3, 0.4) is 0 Å². The van der Waals surface area contributed by atoms with E-state index in [1.807, 2.05) is 24.3 Å². The van der Waals surface area contributed by atoms with Crippen molar-refractivity contribution in [2.24, 2.45) is 52.4 Å². The Bertz CT molecular complexity index is 2220. The molecule has 0 aromatic heterocycles. The predicted molar refractivity (Wildman–Crippen MR) is 321 cm³/mol. The molecular weight excluding hydrogens is 1160 g/mol. The van der Waals surface area contributed by atoms with Gasteiger partial charge in [-0.05, 0) is 114 Å². The van der Waals surface area contributed by atoms with Crippen LogP contribution in [0.15, 0.2) is 29.4 Å². The Morgan fingerprint density at radius 1 is 0.371 bits per heavy atom. The molecule has 1 radical (unpaired) electrons. The molecule has 4 bridgehead atoms. The third-order valence-corrected chi connectivity index (χ3v) is 16.1. The van der Waals surface area contributed by atoms with Crippen molar-refractivity contribution >= 4 is 67.8 Å². The number of nitrogens with one attached hydrogen (secondary N) is 6. The van der Waals surface area contributed by atoms with Crippen LogP contribution in [0, 0.1) is 47.3 Å². The second kappa shape index (κ2) is 44.5. The van der Waals surface area contributed by atoms with Gasteiger partial charge in [0, 0.05) is 52.5 Å². The molecule has 28 nitrogen and oxygen atoms in total. The molecule has 6 rings (SSSR count). The number of amides is 10. The van der Waals surface area contributed by atoms with Gasteiger partial charge in [-0.25, -0.2) is 24.0 Å². The molecule has 4 aliphatic carbocycles. The molecule has 0 aromatic rings. The zero-order chi connectivity index (χ0) is 64.4. The second-order valence-corrected chi connectivity index (χ2v) is 22.8. The number of carbonyl (C=O) groups is 10. The minimum Gasteiger partial charge on any atom is -0.450 e. The first-order chi connectivity index (χ1) is 43.3. The van der Waals surface area contributed by atoms with Crippen LogP contribution in [0.2, 0.25) is 0 Å². The van der Waals surface area contributed by atoms with E-state index in [-0.39, 0.29) is 73.3 Å². The summed E-state index contributed by atoms with van der Waals surface area (Å²) in [7, 11) is 4.71. The maximum absolute atomic E-state index is 12.5. The summed E-state index contributed by atoms with van der Waals surface area (Å²) in [6, 6.07) is 0. The minimum absolute atomic E-state index is 0.0746. The van der Waals surface area contributed by atoms with E-state index < -0.39 is 54.1 Å². The molecule has 4 fully saturated rings. The van der Waals surface area contributed by atoms with Crippen LogP contribution in [0.25, 0.3) is 0 Å². The number of ether oxygens (including phenoxy) is 3. The number of alkyl carbamates (subject to hydrolysis) is 3. The monoisotopic (exact) mass is 1260 g/mol. The van der Waals surface area contributed by atoms with Crippen molar-refractivity contribution in [2.45, 2.75) is 167 Å². The molecule has 2 saturated heterocycles. The molecule has 2 heterocycles. The molecule has 6 aliphatic rings. The summed E-state index contributed by atoms with van der Waals surface area (Å²) in [5.74, 6) is -2.75. The van der Waals surface area contributed by atoms with E-state index in [1.165, 1.54) is 0 Å². The molecule has 10 amide bonds. The fourth-order valence-electron chi connectivity index (χ4n) is 11.5. The Morgan fingerprint density at radius 2 is 0.607 bits per heavy atom. The molecule has 2 aliphatic heterocycles.